The van der Waals surface area contributed by atoms with Gasteiger partial charge in [-0.2, -0.15) is 0 Å². The number of aryl methyl sites for hydroxylation is 1. The van der Waals surface area contributed by atoms with E-state index in [9.17, 15) is 4.79 Å². The van der Waals surface area contributed by atoms with Gasteiger partial charge in [0.25, 0.3) is 0 Å². The van der Waals surface area contributed by atoms with E-state index in [0.717, 1.165) is 0 Å². The molecule has 1 rings (SSSR count). The highest BCUT2D eigenvalue weighted by Crippen LogP contribution is 2.15. The molecule has 0 aliphatic heterocycles. The van der Waals surface area contributed by atoms with Crippen LogP contribution in [0.5, 0.6) is 0 Å². The lowest BCUT2D eigenvalue weighted by atomic mass is 10.2. The fourth-order valence-corrected chi connectivity index (χ4v) is 1.01. The van der Waals surface area contributed by atoms with Gasteiger partial charge in [0.15, 0.2) is 0 Å². The number of methoxy groups -OCH3 is 1. The third-order valence-electron chi connectivity index (χ3n) is 1.60. The molecule has 1 aromatic heterocycles. The topological polar surface area (TPSA) is 74.7 Å². The molecule has 0 bridgehead atoms. The number of ether oxygens (including phenoxy) is 1. The van der Waals surface area contributed by atoms with Gasteiger partial charge in [-0.1, -0.05) is 0 Å². The zero-order chi connectivity index (χ0) is 9.84. The van der Waals surface area contributed by atoms with Crippen molar-refractivity contribution >= 4 is 5.97 Å². The zero-order valence-corrected chi connectivity index (χ0v) is 7.49. The normalized spacial score (nSPS) is 10.1. The molecule has 0 saturated carbocycles. The van der Waals surface area contributed by atoms with Crippen molar-refractivity contribution in [3.8, 4) is 0 Å². The molecular formula is C8H11NO4. The third kappa shape index (κ3) is 2.07. The Bertz CT molecular complexity index is 305. The lowest BCUT2D eigenvalue weighted by Crippen LogP contribution is -2.01. The Labute approximate surface area is 75.4 Å². The van der Waals surface area contributed by atoms with Gasteiger partial charge in [0.05, 0.1) is 7.11 Å². The van der Waals surface area contributed by atoms with E-state index in [1.165, 1.54) is 7.11 Å². The lowest BCUT2D eigenvalue weighted by molar-refractivity contribution is 0.0599. The van der Waals surface area contributed by atoms with Crippen LogP contribution in [0.3, 0.4) is 0 Å². The number of esters is 1. The minimum atomic E-state index is -0.426. The van der Waals surface area contributed by atoms with Crippen molar-refractivity contribution in [2.75, 3.05) is 7.11 Å². The number of carbonyl (C=O) groups excluding carboxylic acids is 1. The Balaban J connectivity index is 2.89. The van der Waals surface area contributed by atoms with Gasteiger partial charge in [-0.05, 0) is 13.0 Å². The molecule has 0 saturated heterocycles. The van der Waals surface area contributed by atoms with Crippen LogP contribution in [0.4, 0.5) is 0 Å². The van der Waals surface area contributed by atoms with Gasteiger partial charge in [-0.15, -0.1) is 0 Å². The first-order chi connectivity index (χ1) is 6.19. The van der Waals surface area contributed by atoms with E-state index in [2.05, 4.69) is 9.57 Å². The van der Waals surface area contributed by atoms with Crippen LogP contribution in [0.25, 0.3) is 0 Å². The van der Waals surface area contributed by atoms with E-state index in [0.29, 0.717) is 17.1 Å². The van der Waals surface area contributed by atoms with Crippen molar-refractivity contribution in [2.24, 2.45) is 5.90 Å². The van der Waals surface area contributed by atoms with E-state index < -0.39 is 5.97 Å². The van der Waals surface area contributed by atoms with Crippen LogP contribution in [0.2, 0.25) is 0 Å². The van der Waals surface area contributed by atoms with E-state index in [4.69, 9.17) is 10.3 Å². The summed E-state index contributed by atoms with van der Waals surface area (Å²) in [6.07, 6.45) is 0. The summed E-state index contributed by atoms with van der Waals surface area (Å²) in [5.41, 5.74) is 0.398. The molecule has 0 atom stereocenters. The standard InChI is InChI=1S/C8H11NO4/c1-5-7(8(10)11-2)3-6(13-5)4-12-9/h3H,4,9H2,1-2H3. The molecule has 5 heteroatoms. The molecule has 0 amide bonds. The van der Waals surface area contributed by atoms with Crippen LogP contribution < -0.4 is 5.90 Å². The van der Waals surface area contributed by atoms with Crippen LogP contribution in [0.1, 0.15) is 21.9 Å². The zero-order valence-electron chi connectivity index (χ0n) is 7.49. The van der Waals surface area contributed by atoms with Crippen molar-refractivity contribution in [1.82, 2.24) is 0 Å². The quantitative estimate of drug-likeness (QED) is 0.556. The number of hydrogen-bond acceptors (Lipinski definition) is 5. The molecule has 0 unspecified atom stereocenters. The molecule has 0 aliphatic carbocycles. The molecule has 1 aromatic rings. The number of carbonyl (C=O) groups is 1. The van der Waals surface area contributed by atoms with Gasteiger partial charge in [0, 0.05) is 0 Å². The van der Waals surface area contributed by atoms with Crippen LogP contribution >= 0.6 is 0 Å². The second-order valence-electron chi connectivity index (χ2n) is 2.49. The first kappa shape index (κ1) is 9.76. The fraction of sp³-hybridized carbons (Fsp3) is 0.375. The SMILES string of the molecule is COC(=O)c1cc(CON)oc1C. The molecule has 2 N–H and O–H groups in total. The predicted octanol–water partition coefficient (Wildman–Crippen LogP) is 0.765. The van der Waals surface area contributed by atoms with Crippen LogP contribution in [-0.2, 0) is 16.2 Å². The monoisotopic (exact) mass is 185 g/mol. The molecule has 0 aromatic carbocycles. The summed E-state index contributed by atoms with van der Waals surface area (Å²) in [5.74, 6) is 5.43. The van der Waals surface area contributed by atoms with Gasteiger partial charge in [0.2, 0.25) is 0 Å². The number of rotatable bonds is 3. The molecule has 72 valence electrons. The van der Waals surface area contributed by atoms with Crippen LogP contribution in [-0.4, -0.2) is 13.1 Å². The smallest absolute Gasteiger partial charge is 0.341 e. The van der Waals surface area contributed by atoms with Crippen molar-refractivity contribution in [3.05, 3.63) is 23.2 Å². The summed E-state index contributed by atoms with van der Waals surface area (Å²) >= 11 is 0. The first-order valence-corrected chi connectivity index (χ1v) is 3.68. The number of nitrogens with two attached hydrogens (primary N) is 1. The van der Waals surface area contributed by atoms with Crippen LogP contribution in [0.15, 0.2) is 10.5 Å². The van der Waals surface area contributed by atoms with Crippen LogP contribution in [0, 0.1) is 6.92 Å². The molecule has 0 radical (unpaired) electrons. The maximum Gasteiger partial charge on any atom is 0.341 e. The highest BCUT2D eigenvalue weighted by molar-refractivity contribution is 5.90. The minimum absolute atomic E-state index is 0.137. The summed E-state index contributed by atoms with van der Waals surface area (Å²) in [7, 11) is 1.31. The second-order valence-corrected chi connectivity index (χ2v) is 2.49. The van der Waals surface area contributed by atoms with Gasteiger partial charge >= 0.3 is 5.97 Å². The van der Waals surface area contributed by atoms with Crippen molar-refractivity contribution in [1.29, 1.82) is 0 Å². The maximum atomic E-state index is 11.1. The average molecular weight is 185 g/mol. The Morgan fingerprint density at radius 2 is 2.38 bits per heavy atom. The average Bonchev–Trinajstić information content (AvgIpc) is 2.46. The number of furan rings is 1. The third-order valence-corrected chi connectivity index (χ3v) is 1.60. The van der Waals surface area contributed by atoms with E-state index in [1.807, 2.05) is 0 Å². The minimum Gasteiger partial charge on any atom is -0.465 e. The molecule has 0 spiro atoms. The van der Waals surface area contributed by atoms with Gasteiger partial charge in [-0.25, -0.2) is 10.7 Å². The van der Waals surface area contributed by atoms with Gasteiger partial charge < -0.3 is 9.15 Å². The predicted molar refractivity (Wildman–Crippen MR) is 43.8 cm³/mol. The highest BCUT2D eigenvalue weighted by atomic mass is 16.6. The van der Waals surface area contributed by atoms with Gasteiger partial charge in [-0.3, -0.25) is 4.84 Å². The highest BCUT2D eigenvalue weighted by Gasteiger charge is 2.14. The van der Waals surface area contributed by atoms with E-state index in [-0.39, 0.29) is 6.61 Å². The largest absolute Gasteiger partial charge is 0.465 e. The Hall–Kier alpha value is -1.33. The summed E-state index contributed by atoms with van der Waals surface area (Å²) in [5, 5.41) is 0. The maximum absolute atomic E-state index is 11.1. The fourth-order valence-electron chi connectivity index (χ4n) is 1.01. The van der Waals surface area contributed by atoms with Gasteiger partial charge in [0.1, 0.15) is 23.7 Å². The summed E-state index contributed by atoms with van der Waals surface area (Å²) < 4.78 is 9.71. The van der Waals surface area contributed by atoms with E-state index >= 15 is 0 Å². The number of hydrogen-bond donors (Lipinski definition) is 1. The molecule has 0 fully saturated rings. The van der Waals surface area contributed by atoms with Crippen molar-refractivity contribution in [3.63, 3.8) is 0 Å². The lowest BCUT2D eigenvalue weighted by Gasteiger charge is -1.93. The Morgan fingerprint density at radius 3 is 2.92 bits per heavy atom. The first-order valence-electron chi connectivity index (χ1n) is 3.68. The Kier molecular flexibility index (Phi) is 3.05. The molecule has 1 heterocycles. The van der Waals surface area contributed by atoms with Crippen molar-refractivity contribution in [2.45, 2.75) is 13.5 Å². The molecule has 13 heavy (non-hydrogen) atoms. The Morgan fingerprint density at radius 1 is 1.69 bits per heavy atom. The van der Waals surface area contributed by atoms with E-state index in [1.54, 1.807) is 13.0 Å². The summed E-state index contributed by atoms with van der Waals surface area (Å²) in [6, 6.07) is 1.55. The molecular weight excluding hydrogens is 174 g/mol. The summed E-state index contributed by atoms with van der Waals surface area (Å²) in [6.45, 7) is 1.81. The second kappa shape index (κ2) is 4.06. The van der Waals surface area contributed by atoms with Crippen molar-refractivity contribution < 1.29 is 18.8 Å². The molecule has 5 nitrogen and oxygen atoms in total. The summed E-state index contributed by atoms with van der Waals surface area (Å²) in [4.78, 5) is 15.5. The molecule has 0 aliphatic rings.